The lowest BCUT2D eigenvalue weighted by atomic mass is 10.1. The van der Waals surface area contributed by atoms with Crippen molar-refractivity contribution in [3.8, 4) is 6.07 Å². The Kier molecular flexibility index (Phi) is 3.05. The molecule has 1 amide bonds. The summed E-state index contributed by atoms with van der Waals surface area (Å²) in [6.07, 6.45) is 0.189. The SMILES string of the molecule is N#CC1CC(=O)N(Cc2cc(F)cc(F)c2)C1. The van der Waals surface area contributed by atoms with Crippen molar-refractivity contribution in [1.82, 2.24) is 4.90 Å². The summed E-state index contributed by atoms with van der Waals surface area (Å²) in [7, 11) is 0. The smallest absolute Gasteiger partial charge is 0.224 e. The minimum absolute atomic E-state index is 0.145. The van der Waals surface area contributed by atoms with E-state index in [1.807, 2.05) is 6.07 Å². The second-order valence-electron chi connectivity index (χ2n) is 4.08. The maximum absolute atomic E-state index is 12.9. The molecule has 88 valence electrons. The van der Waals surface area contributed by atoms with Crippen molar-refractivity contribution in [3.63, 3.8) is 0 Å². The van der Waals surface area contributed by atoms with E-state index in [9.17, 15) is 13.6 Å². The highest BCUT2D eigenvalue weighted by atomic mass is 19.1. The van der Waals surface area contributed by atoms with E-state index in [0.717, 1.165) is 6.07 Å². The van der Waals surface area contributed by atoms with Gasteiger partial charge in [0.2, 0.25) is 5.91 Å². The van der Waals surface area contributed by atoms with E-state index in [1.165, 1.54) is 17.0 Å². The molecule has 3 nitrogen and oxygen atoms in total. The van der Waals surface area contributed by atoms with E-state index in [2.05, 4.69) is 0 Å². The Labute approximate surface area is 97.3 Å². The number of nitriles is 1. The number of rotatable bonds is 2. The van der Waals surface area contributed by atoms with Crippen molar-refractivity contribution in [2.24, 2.45) is 5.92 Å². The zero-order chi connectivity index (χ0) is 12.4. The van der Waals surface area contributed by atoms with Gasteiger partial charge in [0.1, 0.15) is 11.6 Å². The molecule has 1 aromatic rings. The van der Waals surface area contributed by atoms with E-state index >= 15 is 0 Å². The molecule has 1 unspecified atom stereocenters. The summed E-state index contributed by atoms with van der Waals surface area (Å²) in [4.78, 5) is 13.0. The third kappa shape index (κ3) is 2.59. The summed E-state index contributed by atoms with van der Waals surface area (Å²) in [6.45, 7) is 0.471. The van der Waals surface area contributed by atoms with Gasteiger partial charge in [-0.2, -0.15) is 5.26 Å². The number of carbonyl (C=O) groups is 1. The Hall–Kier alpha value is -1.96. The van der Waals surface area contributed by atoms with Crippen LogP contribution in [0.1, 0.15) is 12.0 Å². The third-order valence-electron chi connectivity index (χ3n) is 2.69. The fourth-order valence-electron chi connectivity index (χ4n) is 1.93. The van der Waals surface area contributed by atoms with Gasteiger partial charge in [-0.1, -0.05) is 0 Å². The van der Waals surface area contributed by atoms with Crippen LogP contribution < -0.4 is 0 Å². The van der Waals surface area contributed by atoms with Crippen LogP contribution in [-0.2, 0) is 11.3 Å². The summed E-state index contributed by atoms with van der Waals surface area (Å²) >= 11 is 0. The molecule has 1 atom stereocenters. The van der Waals surface area contributed by atoms with Gasteiger partial charge < -0.3 is 4.90 Å². The van der Waals surface area contributed by atoms with Crippen LogP contribution in [0.15, 0.2) is 18.2 Å². The number of likely N-dealkylation sites (tertiary alicyclic amines) is 1. The first-order valence-electron chi connectivity index (χ1n) is 5.21. The molecular weight excluding hydrogens is 226 g/mol. The molecule has 1 fully saturated rings. The summed E-state index contributed by atoms with van der Waals surface area (Å²) in [6, 6.07) is 5.19. The molecule has 1 aromatic carbocycles. The number of nitrogens with zero attached hydrogens (tertiary/aromatic N) is 2. The maximum atomic E-state index is 12.9. The van der Waals surface area contributed by atoms with E-state index in [1.54, 1.807) is 0 Å². The van der Waals surface area contributed by atoms with Crippen LogP contribution in [0.4, 0.5) is 8.78 Å². The number of amides is 1. The molecule has 1 aliphatic rings. The van der Waals surface area contributed by atoms with Gasteiger partial charge in [-0.15, -0.1) is 0 Å². The zero-order valence-electron chi connectivity index (χ0n) is 8.99. The first kappa shape index (κ1) is 11.5. The van der Waals surface area contributed by atoms with Crippen molar-refractivity contribution < 1.29 is 13.6 Å². The monoisotopic (exact) mass is 236 g/mol. The van der Waals surface area contributed by atoms with Crippen molar-refractivity contribution in [2.75, 3.05) is 6.54 Å². The highest BCUT2D eigenvalue weighted by molar-refractivity contribution is 5.79. The lowest BCUT2D eigenvalue weighted by Crippen LogP contribution is -2.24. The van der Waals surface area contributed by atoms with Crippen LogP contribution >= 0.6 is 0 Å². The summed E-state index contributed by atoms with van der Waals surface area (Å²) in [5.41, 5.74) is 0.398. The van der Waals surface area contributed by atoms with E-state index in [0.29, 0.717) is 12.1 Å². The first-order valence-corrected chi connectivity index (χ1v) is 5.21. The average Bonchev–Trinajstić information content (AvgIpc) is 2.58. The van der Waals surface area contributed by atoms with Gasteiger partial charge in [0.25, 0.3) is 0 Å². The molecule has 17 heavy (non-hydrogen) atoms. The van der Waals surface area contributed by atoms with Crippen molar-refractivity contribution in [1.29, 1.82) is 5.26 Å². The molecule has 1 saturated heterocycles. The van der Waals surface area contributed by atoms with Crippen LogP contribution in [0.3, 0.4) is 0 Å². The highest BCUT2D eigenvalue weighted by Gasteiger charge is 2.29. The minimum atomic E-state index is -0.663. The largest absolute Gasteiger partial charge is 0.337 e. The first-order chi connectivity index (χ1) is 8.08. The lowest BCUT2D eigenvalue weighted by molar-refractivity contribution is -0.128. The quantitative estimate of drug-likeness (QED) is 0.786. The van der Waals surface area contributed by atoms with E-state index in [4.69, 9.17) is 5.26 Å². The molecule has 0 radical (unpaired) electrons. The van der Waals surface area contributed by atoms with Gasteiger partial charge >= 0.3 is 0 Å². The minimum Gasteiger partial charge on any atom is -0.337 e. The summed E-state index contributed by atoms with van der Waals surface area (Å²) in [5, 5.41) is 8.71. The average molecular weight is 236 g/mol. The molecule has 0 saturated carbocycles. The predicted octanol–water partition coefficient (Wildman–Crippen LogP) is 1.84. The van der Waals surface area contributed by atoms with E-state index < -0.39 is 11.6 Å². The Balaban J connectivity index is 2.11. The lowest BCUT2D eigenvalue weighted by Gasteiger charge is -2.15. The molecule has 0 bridgehead atoms. The van der Waals surface area contributed by atoms with Crippen LogP contribution in [0, 0.1) is 28.9 Å². The molecule has 0 spiro atoms. The van der Waals surface area contributed by atoms with Crippen LogP contribution in [-0.4, -0.2) is 17.4 Å². The zero-order valence-corrected chi connectivity index (χ0v) is 8.99. The van der Waals surface area contributed by atoms with Gasteiger partial charge in [0, 0.05) is 25.6 Å². The van der Waals surface area contributed by atoms with E-state index in [-0.39, 0.29) is 24.8 Å². The standard InChI is InChI=1S/C12H10F2N2O/c13-10-1-8(2-11(14)4-10)6-16-7-9(5-15)3-12(16)17/h1-2,4,9H,3,6-7H2. The molecule has 1 heterocycles. The molecule has 5 heteroatoms. The topological polar surface area (TPSA) is 44.1 Å². The van der Waals surface area contributed by atoms with Gasteiger partial charge in [0.15, 0.2) is 0 Å². The number of halogens is 2. The Morgan fingerprint density at radius 3 is 2.53 bits per heavy atom. The fourth-order valence-corrected chi connectivity index (χ4v) is 1.93. The normalized spacial score (nSPS) is 19.5. The molecule has 0 aromatic heterocycles. The van der Waals surface area contributed by atoms with Gasteiger partial charge in [0.05, 0.1) is 12.0 Å². The summed E-state index contributed by atoms with van der Waals surface area (Å²) in [5.74, 6) is -1.80. The maximum Gasteiger partial charge on any atom is 0.224 e. The highest BCUT2D eigenvalue weighted by Crippen LogP contribution is 2.20. The predicted molar refractivity (Wildman–Crippen MR) is 55.5 cm³/mol. The van der Waals surface area contributed by atoms with Crippen molar-refractivity contribution >= 4 is 5.91 Å². The van der Waals surface area contributed by atoms with Gasteiger partial charge in [-0.3, -0.25) is 4.79 Å². The Bertz CT molecular complexity index is 476. The Morgan fingerprint density at radius 1 is 1.35 bits per heavy atom. The van der Waals surface area contributed by atoms with Gasteiger partial charge in [-0.25, -0.2) is 8.78 Å². The molecular formula is C12H10F2N2O. The van der Waals surface area contributed by atoms with Crippen LogP contribution in [0.5, 0.6) is 0 Å². The number of benzene rings is 1. The number of carbonyl (C=O) groups excluding carboxylic acids is 1. The second-order valence-corrected chi connectivity index (χ2v) is 4.08. The Morgan fingerprint density at radius 2 is 2.00 bits per heavy atom. The summed E-state index contributed by atoms with van der Waals surface area (Å²) < 4.78 is 25.9. The fraction of sp³-hybridized carbons (Fsp3) is 0.333. The van der Waals surface area contributed by atoms with Crippen LogP contribution in [0.25, 0.3) is 0 Å². The second kappa shape index (κ2) is 4.50. The van der Waals surface area contributed by atoms with Gasteiger partial charge in [-0.05, 0) is 17.7 Å². The molecule has 0 aliphatic carbocycles. The van der Waals surface area contributed by atoms with Crippen molar-refractivity contribution in [3.05, 3.63) is 35.4 Å². The molecule has 1 aliphatic heterocycles. The third-order valence-corrected chi connectivity index (χ3v) is 2.69. The number of hydrogen-bond donors (Lipinski definition) is 0. The molecule has 2 rings (SSSR count). The van der Waals surface area contributed by atoms with Crippen molar-refractivity contribution in [2.45, 2.75) is 13.0 Å². The van der Waals surface area contributed by atoms with Crippen LogP contribution in [0.2, 0.25) is 0 Å². The molecule has 0 N–H and O–H groups in total. The number of hydrogen-bond acceptors (Lipinski definition) is 2.